The van der Waals surface area contributed by atoms with Gasteiger partial charge >= 0.3 is 0 Å². The molecule has 1 unspecified atom stereocenters. The van der Waals surface area contributed by atoms with Gasteiger partial charge in [-0.3, -0.25) is 0 Å². The molecule has 1 N–H and O–H groups in total. The van der Waals surface area contributed by atoms with Crippen LogP contribution in [0.5, 0.6) is 0 Å². The Morgan fingerprint density at radius 2 is 1.80 bits per heavy atom. The molecule has 0 aliphatic carbocycles. The Hall–Kier alpha value is -0.860. The van der Waals surface area contributed by atoms with Crippen molar-refractivity contribution in [1.29, 1.82) is 0 Å². The summed E-state index contributed by atoms with van der Waals surface area (Å²) in [6, 6.07) is 7.83. The van der Waals surface area contributed by atoms with Crippen LogP contribution in [0.2, 0.25) is 0 Å². The normalized spacial score (nSPS) is 13.2. The standard InChI is InChI=1S/C18H32N2/c1-14(2)20(6)12-8-7-11-19-17(5)18-10-9-15(3)13-16(18)4/h9-10,13-14,17,19H,7-8,11-12H2,1-6H3. The molecule has 2 heteroatoms. The lowest BCUT2D eigenvalue weighted by Gasteiger charge is -2.21. The van der Waals surface area contributed by atoms with Crippen LogP contribution in [-0.2, 0) is 0 Å². The Balaban J connectivity index is 2.28. The van der Waals surface area contributed by atoms with Gasteiger partial charge in [-0.05, 0) is 78.7 Å². The molecule has 0 spiro atoms. The highest BCUT2D eigenvalue weighted by molar-refractivity contribution is 5.32. The van der Waals surface area contributed by atoms with Crippen LogP contribution in [0.25, 0.3) is 0 Å². The third-order valence-corrected chi connectivity index (χ3v) is 4.16. The maximum atomic E-state index is 3.64. The average molecular weight is 276 g/mol. The van der Waals surface area contributed by atoms with E-state index < -0.39 is 0 Å². The van der Waals surface area contributed by atoms with Crippen molar-refractivity contribution in [1.82, 2.24) is 10.2 Å². The third-order valence-electron chi connectivity index (χ3n) is 4.16. The van der Waals surface area contributed by atoms with Gasteiger partial charge in [0.15, 0.2) is 0 Å². The van der Waals surface area contributed by atoms with Crippen molar-refractivity contribution in [3.8, 4) is 0 Å². The van der Waals surface area contributed by atoms with Crippen molar-refractivity contribution < 1.29 is 0 Å². The second-order valence-electron chi connectivity index (χ2n) is 6.32. The molecule has 1 aromatic carbocycles. The largest absolute Gasteiger partial charge is 0.310 e. The van der Waals surface area contributed by atoms with Crippen LogP contribution in [0.15, 0.2) is 18.2 Å². The summed E-state index contributed by atoms with van der Waals surface area (Å²) in [4.78, 5) is 2.41. The van der Waals surface area contributed by atoms with E-state index in [1.807, 2.05) is 0 Å². The number of hydrogen-bond acceptors (Lipinski definition) is 2. The molecule has 114 valence electrons. The quantitative estimate of drug-likeness (QED) is 0.720. The Morgan fingerprint density at radius 1 is 1.10 bits per heavy atom. The molecular formula is C18H32N2. The number of rotatable bonds is 8. The van der Waals surface area contributed by atoms with E-state index in [1.54, 1.807) is 0 Å². The predicted octanol–water partition coefficient (Wildman–Crippen LogP) is 4.07. The Morgan fingerprint density at radius 3 is 2.40 bits per heavy atom. The zero-order valence-corrected chi connectivity index (χ0v) is 14.2. The van der Waals surface area contributed by atoms with Crippen LogP contribution in [0, 0.1) is 13.8 Å². The molecule has 0 saturated carbocycles. The summed E-state index contributed by atoms with van der Waals surface area (Å²) in [5.41, 5.74) is 4.16. The smallest absolute Gasteiger partial charge is 0.0294 e. The molecule has 20 heavy (non-hydrogen) atoms. The van der Waals surface area contributed by atoms with Gasteiger partial charge in [0.05, 0.1) is 0 Å². The van der Waals surface area contributed by atoms with Crippen molar-refractivity contribution >= 4 is 0 Å². The molecule has 0 fully saturated rings. The second kappa shape index (κ2) is 8.43. The van der Waals surface area contributed by atoms with Gasteiger partial charge < -0.3 is 10.2 Å². The van der Waals surface area contributed by atoms with Crippen molar-refractivity contribution in [2.24, 2.45) is 0 Å². The molecule has 0 aromatic heterocycles. The van der Waals surface area contributed by atoms with Crippen LogP contribution < -0.4 is 5.32 Å². The highest BCUT2D eigenvalue weighted by Gasteiger charge is 2.07. The molecule has 2 nitrogen and oxygen atoms in total. The number of nitrogens with one attached hydrogen (secondary N) is 1. The van der Waals surface area contributed by atoms with Crippen molar-refractivity contribution in [2.45, 2.75) is 59.5 Å². The van der Waals surface area contributed by atoms with Crippen LogP contribution in [0.4, 0.5) is 0 Å². The Bertz CT molecular complexity index is 398. The number of unbranched alkanes of at least 4 members (excludes halogenated alkanes) is 1. The number of hydrogen-bond donors (Lipinski definition) is 1. The Labute approximate surface area is 125 Å². The summed E-state index contributed by atoms with van der Waals surface area (Å²) in [7, 11) is 2.20. The van der Waals surface area contributed by atoms with E-state index in [9.17, 15) is 0 Å². The SMILES string of the molecule is Cc1ccc(C(C)NCCCCN(C)C(C)C)c(C)c1. The van der Waals surface area contributed by atoms with Crippen molar-refractivity contribution in [2.75, 3.05) is 20.1 Å². The molecule has 1 rings (SSSR count). The van der Waals surface area contributed by atoms with Gasteiger partial charge in [0.2, 0.25) is 0 Å². The molecule has 1 aromatic rings. The predicted molar refractivity (Wildman–Crippen MR) is 89.3 cm³/mol. The molecule has 0 radical (unpaired) electrons. The molecule has 0 amide bonds. The van der Waals surface area contributed by atoms with Gasteiger partial charge in [0, 0.05) is 12.1 Å². The first kappa shape index (κ1) is 17.2. The van der Waals surface area contributed by atoms with E-state index in [0.717, 1.165) is 6.54 Å². The minimum atomic E-state index is 0.443. The summed E-state index contributed by atoms with van der Waals surface area (Å²) in [6.45, 7) is 13.4. The Kier molecular flexibility index (Phi) is 7.25. The summed E-state index contributed by atoms with van der Waals surface area (Å²) in [6.07, 6.45) is 2.51. The van der Waals surface area contributed by atoms with Gasteiger partial charge in [-0.25, -0.2) is 0 Å². The fourth-order valence-electron chi connectivity index (χ4n) is 2.48. The maximum Gasteiger partial charge on any atom is 0.0294 e. The zero-order valence-electron chi connectivity index (χ0n) is 14.2. The monoisotopic (exact) mass is 276 g/mol. The van der Waals surface area contributed by atoms with E-state index >= 15 is 0 Å². The number of benzene rings is 1. The van der Waals surface area contributed by atoms with Gasteiger partial charge in [0.25, 0.3) is 0 Å². The second-order valence-corrected chi connectivity index (χ2v) is 6.32. The zero-order chi connectivity index (χ0) is 15.1. The van der Waals surface area contributed by atoms with Crippen molar-refractivity contribution in [3.05, 3.63) is 34.9 Å². The topological polar surface area (TPSA) is 15.3 Å². The highest BCUT2D eigenvalue weighted by Crippen LogP contribution is 2.18. The number of nitrogens with zero attached hydrogens (tertiary/aromatic N) is 1. The lowest BCUT2D eigenvalue weighted by molar-refractivity contribution is 0.267. The lowest BCUT2D eigenvalue weighted by atomic mass is 10.0. The minimum Gasteiger partial charge on any atom is -0.310 e. The molecule has 0 heterocycles. The van der Waals surface area contributed by atoms with Crippen LogP contribution in [0.1, 0.15) is 56.3 Å². The fraction of sp³-hybridized carbons (Fsp3) is 0.667. The fourth-order valence-corrected chi connectivity index (χ4v) is 2.48. The summed E-state index contributed by atoms with van der Waals surface area (Å²) < 4.78 is 0. The first-order chi connectivity index (χ1) is 9.41. The molecule has 0 aliphatic heterocycles. The first-order valence-electron chi connectivity index (χ1n) is 7.92. The van der Waals surface area contributed by atoms with E-state index in [0.29, 0.717) is 12.1 Å². The van der Waals surface area contributed by atoms with Crippen LogP contribution >= 0.6 is 0 Å². The van der Waals surface area contributed by atoms with Gasteiger partial charge in [-0.15, -0.1) is 0 Å². The third kappa shape index (κ3) is 5.64. The number of aryl methyl sites for hydroxylation is 2. The summed E-state index contributed by atoms with van der Waals surface area (Å²) in [5.74, 6) is 0. The molecular weight excluding hydrogens is 244 g/mol. The van der Waals surface area contributed by atoms with Gasteiger partial charge in [-0.1, -0.05) is 23.8 Å². The summed E-state index contributed by atoms with van der Waals surface area (Å²) >= 11 is 0. The van der Waals surface area contributed by atoms with E-state index in [4.69, 9.17) is 0 Å². The molecule has 1 atom stereocenters. The average Bonchev–Trinajstić information content (AvgIpc) is 2.37. The van der Waals surface area contributed by atoms with E-state index in [-0.39, 0.29) is 0 Å². The van der Waals surface area contributed by atoms with Crippen LogP contribution in [0.3, 0.4) is 0 Å². The van der Waals surface area contributed by atoms with Gasteiger partial charge in [-0.2, -0.15) is 0 Å². The maximum absolute atomic E-state index is 3.64. The van der Waals surface area contributed by atoms with E-state index in [1.165, 1.54) is 36.1 Å². The molecule has 0 saturated heterocycles. The van der Waals surface area contributed by atoms with Gasteiger partial charge in [0.1, 0.15) is 0 Å². The lowest BCUT2D eigenvalue weighted by Crippen LogP contribution is -2.28. The van der Waals surface area contributed by atoms with Crippen molar-refractivity contribution in [3.63, 3.8) is 0 Å². The molecule has 0 bridgehead atoms. The minimum absolute atomic E-state index is 0.443. The molecule has 0 aliphatic rings. The van der Waals surface area contributed by atoms with E-state index in [2.05, 4.69) is 70.1 Å². The summed E-state index contributed by atoms with van der Waals surface area (Å²) in [5, 5.41) is 3.64. The highest BCUT2D eigenvalue weighted by atomic mass is 15.1. The first-order valence-corrected chi connectivity index (χ1v) is 7.92. The van der Waals surface area contributed by atoms with Crippen LogP contribution in [-0.4, -0.2) is 31.1 Å².